The molecule has 4 nitrogen and oxygen atoms in total. The maximum Gasteiger partial charge on any atom is 0.258 e. The molecule has 0 spiro atoms. The molecule has 1 aromatic carbocycles. The number of hydrogen-bond donors (Lipinski definition) is 1. The summed E-state index contributed by atoms with van der Waals surface area (Å²) in [4.78, 5) is 24.0. The van der Waals surface area contributed by atoms with Crippen LogP contribution in [0.5, 0.6) is 0 Å². The summed E-state index contributed by atoms with van der Waals surface area (Å²) < 4.78 is 0. The molecular weight excluding hydrogens is 287 g/mol. The number of carbonyl (C=O) groups is 2. The second-order valence-electron chi connectivity index (χ2n) is 4.47. The van der Waals surface area contributed by atoms with Crippen molar-refractivity contribution in [2.45, 2.75) is 26.2 Å². The zero-order valence-corrected chi connectivity index (χ0v) is 12.0. The van der Waals surface area contributed by atoms with Gasteiger partial charge in [-0.15, -0.1) is 0 Å². The molecule has 1 N–H and O–H groups in total. The summed E-state index contributed by atoms with van der Waals surface area (Å²) >= 11 is 11.8. The van der Waals surface area contributed by atoms with Gasteiger partial charge in [0.2, 0.25) is 0 Å². The van der Waals surface area contributed by atoms with Crippen LogP contribution in [0.4, 0.5) is 5.69 Å². The van der Waals surface area contributed by atoms with Gasteiger partial charge in [-0.05, 0) is 24.6 Å². The van der Waals surface area contributed by atoms with E-state index in [1.807, 2.05) is 6.92 Å². The zero-order chi connectivity index (χ0) is 14.0. The predicted molar refractivity (Wildman–Crippen MR) is 75.1 cm³/mol. The lowest BCUT2D eigenvalue weighted by atomic mass is 10.0. The highest BCUT2D eigenvalue weighted by Crippen LogP contribution is 2.28. The third kappa shape index (κ3) is 3.01. The lowest BCUT2D eigenvalue weighted by Crippen LogP contribution is -2.35. The van der Waals surface area contributed by atoms with Crippen LogP contribution in [0.15, 0.2) is 18.2 Å². The fourth-order valence-corrected chi connectivity index (χ4v) is 2.55. The number of rotatable bonds is 4. The van der Waals surface area contributed by atoms with Gasteiger partial charge in [-0.3, -0.25) is 15.0 Å². The number of nitrogens with zero attached hydrogens (tertiary/aromatic N) is 1. The number of halogens is 2. The van der Waals surface area contributed by atoms with E-state index >= 15 is 0 Å². The summed E-state index contributed by atoms with van der Waals surface area (Å²) in [7, 11) is 0. The SMILES string of the molecule is CCCCC1C(=O)NN(c2cc(Cl)cc(Cl)c2)C1=O. The van der Waals surface area contributed by atoms with Crippen molar-refractivity contribution >= 4 is 40.7 Å². The fraction of sp³-hybridized carbons (Fsp3) is 0.385. The molecule has 2 amide bonds. The van der Waals surface area contributed by atoms with Gasteiger partial charge < -0.3 is 0 Å². The van der Waals surface area contributed by atoms with E-state index in [9.17, 15) is 9.59 Å². The Kier molecular flexibility index (Phi) is 4.32. The molecule has 1 aliphatic heterocycles. The average Bonchev–Trinajstić information content (AvgIpc) is 2.61. The summed E-state index contributed by atoms with van der Waals surface area (Å²) in [6.07, 6.45) is 2.35. The Labute approximate surface area is 121 Å². The third-order valence-electron chi connectivity index (χ3n) is 3.01. The largest absolute Gasteiger partial charge is 0.272 e. The Hall–Kier alpha value is -1.26. The Balaban J connectivity index is 2.22. The molecule has 1 unspecified atom stereocenters. The molecule has 0 aromatic heterocycles. The van der Waals surface area contributed by atoms with Gasteiger partial charge in [0, 0.05) is 10.0 Å². The van der Waals surface area contributed by atoms with E-state index in [0.717, 1.165) is 12.8 Å². The van der Waals surface area contributed by atoms with E-state index in [4.69, 9.17) is 23.2 Å². The molecule has 0 bridgehead atoms. The zero-order valence-electron chi connectivity index (χ0n) is 10.5. The summed E-state index contributed by atoms with van der Waals surface area (Å²) in [5.41, 5.74) is 3.04. The van der Waals surface area contributed by atoms with Crippen LogP contribution in [-0.2, 0) is 9.59 Å². The Morgan fingerprint density at radius 1 is 1.21 bits per heavy atom. The fourth-order valence-electron chi connectivity index (χ4n) is 2.03. The quantitative estimate of drug-likeness (QED) is 0.868. The second-order valence-corrected chi connectivity index (χ2v) is 5.35. The molecule has 102 valence electrons. The van der Waals surface area contributed by atoms with E-state index < -0.39 is 5.92 Å². The standard InChI is InChI=1S/C13H14Cl2N2O2/c1-2-3-4-11-12(18)16-17(13(11)19)10-6-8(14)5-9(15)7-10/h5-7,11H,2-4H2,1H3,(H,16,18). The van der Waals surface area contributed by atoms with Crippen LogP contribution in [0.2, 0.25) is 10.0 Å². The minimum absolute atomic E-state index is 0.253. The molecule has 1 aromatic rings. The van der Waals surface area contributed by atoms with Crippen LogP contribution >= 0.6 is 23.2 Å². The predicted octanol–water partition coefficient (Wildman–Crippen LogP) is 3.18. The van der Waals surface area contributed by atoms with Gasteiger partial charge in [0.15, 0.2) is 0 Å². The van der Waals surface area contributed by atoms with Gasteiger partial charge in [0.1, 0.15) is 5.92 Å². The van der Waals surface area contributed by atoms with Crippen LogP contribution in [0.1, 0.15) is 26.2 Å². The monoisotopic (exact) mass is 300 g/mol. The summed E-state index contributed by atoms with van der Waals surface area (Å²) in [6.45, 7) is 2.02. The van der Waals surface area contributed by atoms with Gasteiger partial charge in [0.05, 0.1) is 5.69 Å². The van der Waals surface area contributed by atoms with Crippen LogP contribution in [0, 0.1) is 5.92 Å². The van der Waals surface area contributed by atoms with Crippen molar-refractivity contribution in [2.75, 3.05) is 5.01 Å². The van der Waals surface area contributed by atoms with Crippen LogP contribution in [0.3, 0.4) is 0 Å². The minimum Gasteiger partial charge on any atom is -0.272 e. The topological polar surface area (TPSA) is 49.4 Å². The smallest absolute Gasteiger partial charge is 0.258 e. The second kappa shape index (κ2) is 5.80. The van der Waals surface area contributed by atoms with E-state index in [0.29, 0.717) is 22.2 Å². The molecule has 0 radical (unpaired) electrons. The number of hydrazine groups is 1. The van der Waals surface area contributed by atoms with Crippen LogP contribution in [-0.4, -0.2) is 11.8 Å². The maximum absolute atomic E-state index is 12.2. The Bertz CT molecular complexity index is 499. The maximum atomic E-state index is 12.2. The first-order valence-electron chi connectivity index (χ1n) is 6.13. The summed E-state index contributed by atoms with van der Waals surface area (Å²) in [5, 5.41) is 2.06. The van der Waals surface area contributed by atoms with Crippen molar-refractivity contribution in [1.82, 2.24) is 5.43 Å². The normalized spacial score (nSPS) is 18.9. The number of hydrogen-bond acceptors (Lipinski definition) is 2. The number of amides is 2. The molecule has 2 rings (SSSR count). The molecule has 1 atom stereocenters. The first-order chi connectivity index (χ1) is 9.02. The van der Waals surface area contributed by atoms with Crippen molar-refractivity contribution in [3.05, 3.63) is 28.2 Å². The van der Waals surface area contributed by atoms with Gasteiger partial charge in [-0.1, -0.05) is 43.0 Å². The van der Waals surface area contributed by atoms with Crippen molar-refractivity contribution in [2.24, 2.45) is 5.92 Å². The lowest BCUT2D eigenvalue weighted by molar-refractivity contribution is -0.127. The van der Waals surface area contributed by atoms with E-state index in [2.05, 4.69) is 5.43 Å². The molecule has 1 heterocycles. The Morgan fingerprint density at radius 3 is 2.42 bits per heavy atom. The van der Waals surface area contributed by atoms with Crippen molar-refractivity contribution < 1.29 is 9.59 Å². The van der Waals surface area contributed by atoms with Gasteiger partial charge >= 0.3 is 0 Å². The lowest BCUT2D eigenvalue weighted by Gasteiger charge is -2.16. The summed E-state index contributed by atoms with van der Waals surface area (Å²) in [5.74, 6) is -1.14. The number of benzene rings is 1. The molecule has 19 heavy (non-hydrogen) atoms. The first kappa shape index (κ1) is 14.2. The number of carbonyl (C=O) groups excluding carboxylic acids is 2. The van der Waals surface area contributed by atoms with Crippen molar-refractivity contribution in [3.63, 3.8) is 0 Å². The third-order valence-corrected chi connectivity index (χ3v) is 3.45. The molecule has 0 saturated carbocycles. The average molecular weight is 301 g/mol. The molecule has 1 aliphatic rings. The molecule has 6 heteroatoms. The van der Waals surface area contributed by atoms with E-state index in [1.165, 1.54) is 5.01 Å². The molecular formula is C13H14Cl2N2O2. The van der Waals surface area contributed by atoms with Crippen LogP contribution < -0.4 is 10.4 Å². The number of nitrogens with one attached hydrogen (secondary N) is 1. The molecule has 1 saturated heterocycles. The van der Waals surface area contributed by atoms with E-state index in [-0.39, 0.29) is 11.8 Å². The van der Waals surface area contributed by atoms with Gasteiger partial charge in [-0.25, -0.2) is 5.01 Å². The first-order valence-corrected chi connectivity index (χ1v) is 6.89. The highest BCUT2D eigenvalue weighted by atomic mass is 35.5. The molecule has 1 fully saturated rings. The van der Waals surface area contributed by atoms with E-state index in [1.54, 1.807) is 18.2 Å². The van der Waals surface area contributed by atoms with Crippen molar-refractivity contribution in [3.8, 4) is 0 Å². The number of unbranched alkanes of at least 4 members (excludes halogenated alkanes) is 1. The highest BCUT2D eigenvalue weighted by molar-refractivity contribution is 6.35. The van der Waals surface area contributed by atoms with Crippen LogP contribution in [0.25, 0.3) is 0 Å². The minimum atomic E-state index is -0.613. The summed E-state index contributed by atoms with van der Waals surface area (Å²) in [6, 6.07) is 4.76. The van der Waals surface area contributed by atoms with Crippen molar-refractivity contribution in [1.29, 1.82) is 0 Å². The molecule has 0 aliphatic carbocycles. The Morgan fingerprint density at radius 2 is 1.84 bits per heavy atom. The van der Waals surface area contributed by atoms with Gasteiger partial charge in [-0.2, -0.15) is 0 Å². The van der Waals surface area contributed by atoms with Gasteiger partial charge in [0.25, 0.3) is 11.8 Å². The number of anilines is 1. The highest BCUT2D eigenvalue weighted by Gasteiger charge is 2.39.